The predicted octanol–water partition coefficient (Wildman–Crippen LogP) is 2.24. The zero-order valence-corrected chi connectivity index (χ0v) is 13.9. The molecule has 1 aromatic carbocycles. The number of hydrogen-bond donors (Lipinski definition) is 1. The van der Waals surface area contributed by atoms with E-state index in [9.17, 15) is 4.79 Å². The second kappa shape index (κ2) is 8.30. The monoisotopic (exact) mass is 303 g/mol. The van der Waals surface area contributed by atoms with Crippen molar-refractivity contribution in [2.24, 2.45) is 5.73 Å². The van der Waals surface area contributed by atoms with Crippen molar-refractivity contribution in [2.75, 3.05) is 19.6 Å². The molecule has 2 unspecified atom stereocenters. The third-order valence-corrected chi connectivity index (χ3v) is 4.55. The molecule has 1 aliphatic heterocycles. The second-order valence-corrected chi connectivity index (χ2v) is 6.31. The fraction of sp³-hybridized carbons (Fsp3) is 0.611. The van der Waals surface area contributed by atoms with Gasteiger partial charge < -0.3 is 10.6 Å². The van der Waals surface area contributed by atoms with Crippen molar-refractivity contribution in [2.45, 2.75) is 51.7 Å². The van der Waals surface area contributed by atoms with Crippen LogP contribution in [0.4, 0.5) is 0 Å². The highest BCUT2D eigenvalue weighted by Gasteiger charge is 2.26. The van der Waals surface area contributed by atoms with Crippen LogP contribution in [0.25, 0.3) is 0 Å². The maximum atomic E-state index is 12.4. The van der Waals surface area contributed by atoms with Gasteiger partial charge in [0.15, 0.2) is 0 Å². The highest BCUT2D eigenvalue weighted by atomic mass is 16.2. The Kier molecular flexibility index (Phi) is 6.40. The molecular weight excluding hydrogens is 274 g/mol. The van der Waals surface area contributed by atoms with Crippen molar-refractivity contribution in [3.63, 3.8) is 0 Å². The number of carbonyl (C=O) groups excluding carboxylic acids is 1. The SMILES string of the molecule is CCCC(N)C(=O)N1CCC(C)N(Cc2ccccc2)CC1. The number of rotatable bonds is 5. The lowest BCUT2D eigenvalue weighted by molar-refractivity contribution is -0.132. The van der Waals surface area contributed by atoms with Crippen molar-refractivity contribution < 1.29 is 4.79 Å². The molecule has 0 saturated carbocycles. The van der Waals surface area contributed by atoms with Gasteiger partial charge in [0.1, 0.15) is 0 Å². The Hall–Kier alpha value is -1.39. The summed E-state index contributed by atoms with van der Waals surface area (Å²) < 4.78 is 0. The van der Waals surface area contributed by atoms with Gasteiger partial charge in [0.05, 0.1) is 6.04 Å². The fourth-order valence-electron chi connectivity index (χ4n) is 3.05. The molecule has 0 radical (unpaired) electrons. The van der Waals surface area contributed by atoms with E-state index in [1.54, 1.807) is 0 Å². The van der Waals surface area contributed by atoms with Gasteiger partial charge in [-0.05, 0) is 25.3 Å². The van der Waals surface area contributed by atoms with Crippen LogP contribution in [0.1, 0.15) is 38.7 Å². The Balaban J connectivity index is 1.94. The zero-order valence-electron chi connectivity index (χ0n) is 13.9. The van der Waals surface area contributed by atoms with E-state index in [0.29, 0.717) is 6.04 Å². The van der Waals surface area contributed by atoms with Gasteiger partial charge in [-0.15, -0.1) is 0 Å². The molecule has 1 saturated heterocycles. The molecule has 1 aliphatic rings. The van der Waals surface area contributed by atoms with E-state index in [1.807, 2.05) is 11.0 Å². The van der Waals surface area contributed by atoms with Gasteiger partial charge in [0.25, 0.3) is 0 Å². The lowest BCUT2D eigenvalue weighted by Gasteiger charge is -2.26. The Morgan fingerprint density at radius 3 is 2.68 bits per heavy atom. The summed E-state index contributed by atoms with van der Waals surface area (Å²) in [6, 6.07) is 10.7. The lowest BCUT2D eigenvalue weighted by Crippen LogP contribution is -2.45. The number of hydrogen-bond acceptors (Lipinski definition) is 3. The quantitative estimate of drug-likeness (QED) is 0.907. The minimum absolute atomic E-state index is 0.121. The van der Waals surface area contributed by atoms with Crippen LogP contribution in [0.3, 0.4) is 0 Å². The van der Waals surface area contributed by atoms with Crippen LogP contribution < -0.4 is 5.73 Å². The number of carbonyl (C=O) groups is 1. The Bertz CT molecular complexity index is 463. The Labute approximate surface area is 134 Å². The van der Waals surface area contributed by atoms with E-state index in [1.165, 1.54) is 5.56 Å². The first-order valence-electron chi connectivity index (χ1n) is 8.44. The normalized spacial score (nSPS) is 21.4. The smallest absolute Gasteiger partial charge is 0.239 e. The maximum absolute atomic E-state index is 12.4. The molecule has 0 spiro atoms. The van der Waals surface area contributed by atoms with Gasteiger partial charge in [0.2, 0.25) is 5.91 Å². The largest absolute Gasteiger partial charge is 0.340 e. The van der Waals surface area contributed by atoms with Crippen LogP contribution in [0.2, 0.25) is 0 Å². The molecule has 1 fully saturated rings. The number of benzene rings is 1. The third-order valence-electron chi connectivity index (χ3n) is 4.55. The topological polar surface area (TPSA) is 49.6 Å². The van der Waals surface area contributed by atoms with Crippen molar-refractivity contribution in [1.82, 2.24) is 9.80 Å². The number of nitrogens with zero attached hydrogens (tertiary/aromatic N) is 2. The molecule has 4 heteroatoms. The van der Waals surface area contributed by atoms with Crippen molar-refractivity contribution in [3.05, 3.63) is 35.9 Å². The first-order valence-corrected chi connectivity index (χ1v) is 8.44. The average molecular weight is 303 g/mol. The molecule has 2 N–H and O–H groups in total. The third kappa shape index (κ3) is 4.55. The van der Waals surface area contributed by atoms with Gasteiger partial charge in [-0.1, -0.05) is 43.7 Å². The van der Waals surface area contributed by atoms with E-state index < -0.39 is 0 Å². The summed E-state index contributed by atoms with van der Waals surface area (Å²) in [7, 11) is 0. The Morgan fingerprint density at radius 1 is 1.27 bits per heavy atom. The number of nitrogens with two attached hydrogens (primary N) is 1. The van der Waals surface area contributed by atoms with Gasteiger partial charge in [-0.25, -0.2) is 0 Å². The molecule has 1 heterocycles. The van der Waals surface area contributed by atoms with E-state index in [2.05, 4.69) is 43.0 Å². The van der Waals surface area contributed by atoms with Crippen LogP contribution in [0.15, 0.2) is 30.3 Å². The fourth-order valence-corrected chi connectivity index (χ4v) is 3.05. The minimum atomic E-state index is -0.332. The summed E-state index contributed by atoms with van der Waals surface area (Å²) in [4.78, 5) is 16.8. The minimum Gasteiger partial charge on any atom is -0.340 e. The summed E-state index contributed by atoms with van der Waals surface area (Å²) in [6.45, 7) is 7.80. The molecule has 4 nitrogen and oxygen atoms in total. The van der Waals surface area contributed by atoms with Crippen LogP contribution in [0, 0.1) is 0 Å². The van der Waals surface area contributed by atoms with Gasteiger partial charge in [0, 0.05) is 32.2 Å². The first-order chi connectivity index (χ1) is 10.6. The first kappa shape index (κ1) is 17.0. The highest BCUT2D eigenvalue weighted by molar-refractivity contribution is 5.81. The summed E-state index contributed by atoms with van der Waals surface area (Å²) >= 11 is 0. The molecule has 1 aromatic rings. The zero-order chi connectivity index (χ0) is 15.9. The van der Waals surface area contributed by atoms with E-state index in [-0.39, 0.29) is 11.9 Å². The molecule has 2 atom stereocenters. The van der Waals surface area contributed by atoms with Crippen LogP contribution in [-0.4, -0.2) is 47.4 Å². The van der Waals surface area contributed by atoms with Crippen LogP contribution in [-0.2, 0) is 11.3 Å². The van der Waals surface area contributed by atoms with Crippen LogP contribution >= 0.6 is 0 Å². The summed E-state index contributed by atoms with van der Waals surface area (Å²) in [6.07, 6.45) is 2.74. The molecule has 0 aromatic heterocycles. The van der Waals surface area contributed by atoms with E-state index >= 15 is 0 Å². The molecule has 22 heavy (non-hydrogen) atoms. The highest BCUT2D eigenvalue weighted by Crippen LogP contribution is 2.15. The van der Waals surface area contributed by atoms with Crippen molar-refractivity contribution in [3.8, 4) is 0 Å². The number of amides is 1. The average Bonchev–Trinajstić information content (AvgIpc) is 2.71. The lowest BCUT2D eigenvalue weighted by atomic mass is 10.1. The van der Waals surface area contributed by atoms with E-state index in [4.69, 9.17) is 5.73 Å². The van der Waals surface area contributed by atoms with Gasteiger partial charge in [-0.2, -0.15) is 0 Å². The molecular formula is C18H29N3O. The Morgan fingerprint density at radius 2 is 2.00 bits per heavy atom. The summed E-state index contributed by atoms with van der Waals surface area (Å²) in [5.74, 6) is 0.121. The molecule has 2 rings (SSSR count). The van der Waals surface area contributed by atoms with Gasteiger partial charge >= 0.3 is 0 Å². The molecule has 0 bridgehead atoms. The molecule has 122 valence electrons. The summed E-state index contributed by atoms with van der Waals surface area (Å²) in [5, 5.41) is 0. The molecule has 1 amide bonds. The molecule has 0 aliphatic carbocycles. The maximum Gasteiger partial charge on any atom is 0.239 e. The van der Waals surface area contributed by atoms with Crippen molar-refractivity contribution >= 4 is 5.91 Å². The predicted molar refractivity (Wildman–Crippen MR) is 90.4 cm³/mol. The van der Waals surface area contributed by atoms with E-state index in [0.717, 1.165) is 45.4 Å². The standard InChI is InChI=1S/C18H29N3O/c1-3-7-17(19)18(22)20-11-10-15(2)21(13-12-20)14-16-8-5-4-6-9-16/h4-6,8-9,15,17H,3,7,10-14,19H2,1-2H3. The second-order valence-electron chi connectivity index (χ2n) is 6.31. The summed E-state index contributed by atoms with van der Waals surface area (Å²) in [5.41, 5.74) is 7.33. The van der Waals surface area contributed by atoms with Crippen molar-refractivity contribution in [1.29, 1.82) is 0 Å². The van der Waals surface area contributed by atoms with Crippen LogP contribution in [0.5, 0.6) is 0 Å². The van der Waals surface area contributed by atoms with Gasteiger partial charge in [-0.3, -0.25) is 9.69 Å².